The summed E-state index contributed by atoms with van der Waals surface area (Å²) < 4.78 is 1.19. The first-order valence-corrected chi connectivity index (χ1v) is 10.4. The number of nitrogens with zero attached hydrogens (tertiary/aromatic N) is 1. The van der Waals surface area contributed by atoms with Gasteiger partial charge in [0.05, 0.1) is 18.8 Å². The van der Waals surface area contributed by atoms with Crippen molar-refractivity contribution in [1.82, 2.24) is 0 Å². The lowest BCUT2D eigenvalue weighted by Crippen LogP contribution is -2.56. The van der Waals surface area contributed by atoms with Gasteiger partial charge in [0.25, 0.3) is 0 Å². The molecule has 0 spiro atoms. The van der Waals surface area contributed by atoms with Gasteiger partial charge >= 0.3 is 0 Å². The second-order valence-electron chi connectivity index (χ2n) is 7.72. The van der Waals surface area contributed by atoms with Crippen LogP contribution >= 0.6 is 0 Å². The van der Waals surface area contributed by atoms with Crippen LogP contribution in [0.3, 0.4) is 0 Å². The van der Waals surface area contributed by atoms with Crippen LogP contribution in [0.5, 0.6) is 0 Å². The molecular formula is C22H42N+. The predicted molar refractivity (Wildman–Crippen MR) is 104 cm³/mol. The van der Waals surface area contributed by atoms with Crippen molar-refractivity contribution in [3.05, 3.63) is 24.4 Å². The third kappa shape index (κ3) is 6.83. The van der Waals surface area contributed by atoms with Crippen molar-refractivity contribution >= 4 is 0 Å². The second-order valence-corrected chi connectivity index (χ2v) is 7.72. The third-order valence-corrected chi connectivity index (χ3v) is 5.64. The maximum atomic E-state index is 2.50. The molecule has 0 N–H and O–H groups in total. The van der Waals surface area contributed by atoms with Crippen LogP contribution in [0.1, 0.15) is 98.3 Å². The summed E-state index contributed by atoms with van der Waals surface area (Å²) >= 11 is 0. The zero-order valence-corrected chi connectivity index (χ0v) is 16.4. The van der Waals surface area contributed by atoms with Gasteiger partial charge in [0, 0.05) is 6.42 Å². The molecule has 0 aliphatic carbocycles. The number of rotatable bonds is 13. The highest BCUT2D eigenvalue weighted by atomic mass is 15.4. The van der Waals surface area contributed by atoms with Gasteiger partial charge in [-0.05, 0) is 45.3 Å². The summed E-state index contributed by atoms with van der Waals surface area (Å²) in [5.41, 5.74) is 0. The van der Waals surface area contributed by atoms with Crippen LogP contribution in [0.25, 0.3) is 0 Å². The van der Waals surface area contributed by atoms with E-state index in [-0.39, 0.29) is 0 Å². The summed E-state index contributed by atoms with van der Waals surface area (Å²) in [5.74, 6) is 0. The van der Waals surface area contributed by atoms with Crippen LogP contribution in [0.4, 0.5) is 0 Å². The minimum absolute atomic E-state index is 0.683. The summed E-state index contributed by atoms with van der Waals surface area (Å²) in [6.07, 6.45) is 24.8. The van der Waals surface area contributed by atoms with Gasteiger partial charge in [0.15, 0.2) is 0 Å². The van der Waals surface area contributed by atoms with Gasteiger partial charge in [0.1, 0.15) is 6.04 Å². The second kappa shape index (κ2) is 11.9. The summed E-state index contributed by atoms with van der Waals surface area (Å²) in [6.45, 7) is 10.8. The Hall–Kier alpha value is -0.560. The van der Waals surface area contributed by atoms with E-state index in [9.17, 15) is 0 Å². The molecular weight excluding hydrogens is 278 g/mol. The van der Waals surface area contributed by atoms with E-state index in [0.717, 1.165) is 0 Å². The Kier molecular flexibility index (Phi) is 10.6. The number of hydrogen-bond acceptors (Lipinski definition) is 0. The summed E-state index contributed by atoms with van der Waals surface area (Å²) in [4.78, 5) is 0. The SMILES string of the molecule is CCCCCCCC1C=CC=C[N+]1(CCCCCCC)C(C)C. The molecule has 0 fully saturated rings. The molecule has 0 aromatic rings. The van der Waals surface area contributed by atoms with E-state index in [4.69, 9.17) is 0 Å². The highest BCUT2D eigenvalue weighted by Crippen LogP contribution is 2.29. The quantitative estimate of drug-likeness (QED) is 0.253. The standard InChI is InChI=1S/C22H42N/c1-5-7-9-11-13-17-22-18-14-16-20-23(22,21(3)4)19-15-12-10-8-6-2/h14,16,18,20-22H,5-13,15,17,19H2,1-4H3/q+1. The highest BCUT2D eigenvalue weighted by Gasteiger charge is 2.36. The highest BCUT2D eigenvalue weighted by molar-refractivity contribution is 5.08. The number of hydrogen-bond donors (Lipinski definition) is 0. The van der Waals surface area contributed by atoms with Gasteiger partial charge in [-0.25, -0.2) is 0 Å². The van der Waals surface area contributed by atoms with Gasteiger partial charge < -0.3 is 0 Å². The lowest BCUT2D eigenvalue weighted by atomic mass is 9.97. The molecule has 0 amide bonds. The minimum Gasteiger partial charge on any atom is -0.290 e. The predicted octanol–water partition coefficient (Wildman–Crippen LogP) is 6.99. The monoisotopic (exact) mass is 320 g/mol. The van der Waals surface area contributed by atoms with E-state index in [1.807, 2.05) is 0 Å². The molecule has 1 nitrogen and oxygen atoms in total. The van der Waals surface area contributed by atoms with E-state index < -0.39 is 0 Å². The Bertz CT molecular complexity index is 342. The lowest BCUT2D eigenvalue weighted by molar-refractivity contribution is -0.919. The molecule has 0 aromatic carbocycles. The average Bonchev–Trinajstić information content (AvgIpc) is 2.55. The molecule has 1 rings (SSSR count). The van der Waals surface area contributed by atoms with Crippen molar-refractivity contribution in [3.63, 3.8) is 0 Å². The van der Waals surface area contributed by atoms with Crippen LogP contribution in [0.15, 0.2) is 24.4 Å². The van der Waals surface area contributed by atoms with Gasteiger partial charge in [-0.3, -0.25) is 4.48 Å². The summed E-state index contributed by atoms with van der Waals surface area (Å²) in [7, 11) is 0. The van der Waals surface area contributed by atoms with Crippen LogP contribution in [0, 0.1) is 0 Å². The smallest absolute Gasteiger partial charge is 0.112 e. The van der Waals surface area contributed by atoms with Crippen LogP contribution in [0.2, 0.25) is 0 Å². The van der Waals surface area contributed by atoms with Gasteiger partial charge in [-0.2, -0.15) is 0 Å². The molecule has 0 radical (unpaired) electrons. The van der Waals surface area contributed by atoms with Gasteiger partial charge in [0.2, 0.25) is 0 Å². The largest absolute Gasteiger partial charge is 0.290 e. The maximum absolute atomic E-state index is 2.50. The normalized spacial score (nSPS) is 23.8. The first kappa shape index (κ1) is 20.5. The van der Waals surface area contributed by atoms with Crippen molar-refractivity contribution < 1.29 is 4.48 Å². The Balaban J connectivity index is 2.53. The molecule has 0 aromatic heterocycles. The number of allylic oxidation sites excluding steroid dienone is 2. The van der Waals surface area contributed by atoms with Crippen molar-refractivity contribution in [1.29, 1.82) is 0 Å². The van der Waals surface area contributed by atoms with Crippen LogP contribution in [-0.4, -0.2) is 23.1 Å². The zero-order chi connectivity index (χ0) is 17.0. The first-order valence-electron chi connectivity index (χ1n) is 10.4. The van der Waals surface area contributed by atoms with E-state index in [1.54, 1.807) is 0 Å². The summed E-state index contributed by atoms with van der Waals surface area (Å²) in [6, 6.07) is 1.39. The van der Waals surface area contributed by atoms with Crippen LogP contribution < -0.4 is 0 Å². The minimum atomic E-state index is 0.683. The molecule has 2 unspecified atom stereocenters. The molecule has 0 bridgehead atoms. The van der Waals surface area contributed by atoms with Crippen molar-refractivity contribution in [2.75, 3.05) is 6.54 Å². The molecule has 1 heterocycles. The fraction of sp³-hybridized carbons (Fsp3) is 0.818. The fourth-order valence-corrected chi connectivity index (χ4v) is 4.01. The molecule has 1 heteroatoms. The Morgan fingerprint density at radius 2 is 1.39 bits per heavy atom. The number of quaternary nitrogens is 1. The summed E-state index contributed by atoms with van der Waals surface area (Å²) in [5, 5.41) is 0. The molecule has 0 saturated carbocycles. The van der Waals surface area contributed by atoms with E-state index in [1.165, 1.54) is 81.7 Å². The van der Waals surface area contributed by atoms with Crippen LogP contribution in [-0.2, 0) is 0 Å². The first-order chi connectivity index (χ1) is 11.2. The fourth-order valence-electron chi connectivity index (χ4n) is 4.01. The Labute approximate surface area is 146 Å². The Morgan fingerprint density at radius 3 is 2.00 bits per heavy atom. The molecule has 134 valence electrons. The topological polar surface area (TPSA) is 0 Å². The van der Waals surface area contributed by atoms with Crippen molar-refractivity contribution in [2.24, 2.45) is 0 Å². The maximum Gasteiger partial charge on any atom is 0.112 e. The van der Waals surface area contributed by atoms with Crippen molar-refractivity contribution in [3.8, 4) is 0 Å². The zero-order valence-electron chi connectivity index (χ0n) is 16.4. The third-order valence-electron chi connectivity index (χ3n) is 5.64. The number of unbranched alkanes of at least 4 members (excludes halogenated alkanes) is 8. The lowest BCUT2D eigenvalue weighted by Gasteiger charge is -2.45. The van der Waals surface area contributed by atoms with E-state index in [2.05, 4.69) is 52.1 Å². The van der Waals surface area contributed by atoms with E-state index >= 15 is 0 Å². The molecule has 1 aliphatic heterocycles. The molecule has 23 heavy (non-hydrogen) atoms. The molecule has 2 atom stereocenters. The molecule has 0 saturated heterocycles. The average molecular weight is 321 g/mol. The van der Waals surface area contributed by atoms with Crippen molar-refractivity contribution in [2.45, 2.75) is 110 Å². The molecule has 1 aliphatic rings. The Morgan fingerprint density at radius 1 is 0.783 bits per heavy atom. The van der Waals surface area contributed by atoms with Gasteiger partial charge in [-0.1, -0.05) is 64.9 Å². The van der Waals surface area contributed by atoms with E-state index in [0.29, 0.717) is 12.1 Å². The van der Waals surface area contributed by atoms with Gasteiger partial charge in [-0.15, -0.1) is 0 Å².